The fourth-order valence-corrected chi connectivity index (χ4v) is 3.41. The van der Waals surface area contributed by atoms with Crippen LogP contribution in [0.1, 0.15) is 29.6 Å². The highest BCUT2D eigenvalue weighted by atomic mass is 35.5. The Morgan fingerprint density at radius 1 is 1.36 bits per heavy atom. The van der Waals surface area contributed by atoms with Crippen LogP contribution in [-0.2, 0) is 9.53 Å². The summed E-state index contributed by atoms with van der Waals surface area (Å²) in [5.74, 6) is -0.481. The van der Waals surface area contributed by atoms with Crippen molar-refractivity contribution in [3.8, 4) is 0 Å². The molecule has 6 nitrogen and oxygen atoms in total. The van der Waals surface area contributed by atoms with E-state index in [2.05, 4.69) is 5.32 Å². The molecule has 1 aromatic carbocycles. The summed E-state index contributed by atoms with van der Waals surface area (Å²) in [5.41, 5.74) is 0.368. The summed E-state index contributed by atoms with van der Waals surface area (Å²) in [6.07, 6.45) is 1.13. The van der Waals surface area contributed by atoms with E-state index < -0.39 is 12.1 Å². The fraction of sp³-hybridized carbons (Fsp3) is 0.529. The van der Waals surface area contributed by atoms with Crippen molar-refractivity contribution in [3.05, 3.63) is 33.8 Å². The van der Waals surface area contributed by atoms with Crippen LogP contribution in [-0.4, -0.2) is 60.8 Å². The van der Waals surface area contributed by atoms with Gasteiger partial charge in [-0.05, 0) is 37.5 Å². The molecular formula is C17H22Cl2N2O4. The molecular weight excluding hydrogens is 367 g/mol. The number of hydrogen-bond acceptors (Lipinski definition) is 4. The van der Waals surface area contributed by atoms with Gasteiger partial charge in [0.2, 0.25) is 5.91 Å². The van der Waals surface area contributed by atoms with Gasteiger partial charge in [-0.1, -0.05) is 23.2 Å². The van der Waals surface area contributed by atoms with Gasteiger partial charge in [-0.25, -0.2) is 0 Å². The molecule has 0 aromatic heterocycles. The normalized spacial score (nSPS) is 18.2. The summed E-state index contributed by atoms with van der Waals surface area (Å²) in [5, 5.41) is 13.1. The Kier molecular flexibility index (Phi) is 7.50. The standard InChI is InChI=1S/C17H22Cl2N2O4/c1-25-10-14(22)4-5-20-16(23)15-3-2-6-21(15)17(24)11-7-12(18)9-13(19)8-11/h7-9,14-15,22H,2-6,10H2,1H3,(H,20,23)/t14-,15+/m0/s1. The molecule has 1 heterocycles. The molecule has 0 spiro atoms. The van der Waals surface area contributed by atoms with Crippen LogP contribution in [0.2, 0.25) is 10.0 Å². The molecule has 2 amide bonds. The molecule has 25 heavy (non-hydrogen) atoms. The van der Waals surface area contributed by atoms with Gasteiger partial charge in [0.05, 0.1) is 12.7 Å². The molecule has 2 atom stereocenters. The van der Waals surface area contributed by atoms with Crippen molar-refractivity contribution in [3.63, 3.8) is 0 Å². The second-order valence-corrected chi connectivity index (χ2v) is 6.88. The van der Waals surface area contributed by atoms with Crippen LogP contribution in [0.4, 0.5) is 0 Å². The van der Waals surface area contributed by atoms with Gasteiger partial charge >= 0.3 is 0 Å². The molecule has 1 aromatic rings. The van der Waals surface area contributed by atoms with E-state index in [0.717, 1.165) is 6.42 Å². The number of nitrogens with zero attached hydrogens (tertiary/aromatic N) is 1. The number of rotatable bonds is 7. The van der Waals surface area contributed by atoms with Crippen LogP contribution >= 0.6 is 23.2 Å². The highest BCUT2D eigenvalue weighted by Crippen LogP contribution is 2.24. The number of halogens is 2. The number of likely N-dealkylation sites (tertiary alicyclic amines) is 1. The van der Waals surface area contributed by atoms with Gasteiger partial charge < -0.3 is 20.1 Å². The quantitative estimate of drug-likeness (QED) is 0.749. The number of aliphatic hydroxyl groups excluding tert-OH is 1. The van der Waals surface area contributed by atoms with Crippen LogP contribution < -0.4 is 5.32 Å². The molecule has 1 saturated heterocycles. The van der Waals surface area contributed by atoms with Gasteiger partial charge in [0.1, 0.15) is 6.04 Å². The topological polar surface area (TPSA) is 78.9 Å². The number of methoxy groups -OCH3 is 1. The molecule has 0 bridgehead atoms. The van der Waals surface area contributed by atoms with Crippen LogP contribution in [0.3, 0.4) is 0 Å². The average molecular weight is 389 g/mol. The Morgan fingerprint density at radius 2 is 2.04 bits per heavy atom. The third kappa shape index (κ3) is 5.57. The number of nitrogens with one attached hydrogen (secondary N) is 1. The Labute approximate surface area is 157 Å². The summed E-state index contributed by atoms with van der Waals surface area (Å²) < 4.78 is 4.84. The van der Waals surface area contributed by atoms with Crippen LogP contribution in [0.15, 0.2) is 18.2 Å². The zero-order valence-corrected chi connectivity index (χ0v) is 15.5. The number of aliphatic hydroxyl groups is 1. The summed E-state index contributed by atoms with van der Waals surface area (Å²) in [6.45, 7) is 1.05. The number of carbonyl (C=O) groups is 2. The Hall–Kier alpha value is -1.34. The Morgan fingerprint density at radius 3 is 2.68 bits per heavy atom. The maximum absolute atomic E-state index is 12.7. The number of ether oxygens (including phenoxy) is 1. The molecule has 0 unspecified atom stereocenters. The minimum Gasteiger partial charge on any atom is -0.391 e. The fourth-order valence-electron chi connectivity index (χ4n) is 2.88. The molecule has 1 aliphatic rings. The summed E-state index contributed by atoms with van der Waals surface area (Å²) in [4.78, 5) is 26.6. The molecule has 2 rings (SSSR count). The molecule has 0 saturated carbocycles. The monoisotopic (exact) mass is 388 g/mol. The summed E-state index contributed by atoms with van der Waals surface area (Å²) in [7, 11) is 1.51. The molecule has 138 valence electrons. The smallest absolute Gasteiger partial charge is 0.254 e. The first-order chi connectivity index (χ1) is 11.9. The third-order valence-corrected chi connectivity index (χ3v) is 4.50. The molecule has 2 N–H and O–H groups in total. The zero-order chi connectivity index (χ0) is 18.4. The van der Waals surface area contributed by atoms with Crippen LogP contribution in [0, 0.1) is 0 Å². The van der Waals surface area contributed by atoms with Gasteiger partial charge in [0, 0.05) is 35.8 Å². The number of carbonyl (C=O) groups excluding carboxylic acids is 2. The summed E-state index contributed by atoms with van der Waals surface area (Å²) in [6, 6.07) is 4.12. The molecule has 1 aliphatic heterocycles. The lowest BCUT2D eigenvalue weighted by atomic mass is 10.1. The second kappa shape index (κ2) is 9.38. The predicted octanol–water partition coefficient (Wildman–Crippen LogP) is 2.11. The van der Waals surface area contributed by atoms with E-state index in [-0.39, 0.29) is 18.4 Å². The van der Waals surface area contributed by atoms with Gasteiger partial charge in [-0.3, -0.25) is 9.59 Å². The van der Waals surface area contributed by atoms with E-state index in [1.165, 1.54) is 7.11 Å². The van der Waals surface area contributed by atoms with Gasteiger partial charge in [-0.2, -0.15) is 0 Å². The van der Waals surface area contributed by atoms with Gasteiger partial charge in [-0.15, -0.1) is 0 Å². The van der Waals surface area contributed by atoms with Crippen molar-refractivity contribution in [1.82, 2.24) is 10.2 Å². The van der Waals surface area contributed by atoms with E-state index >= 15 is 0 Å². The predicted molar refractivity (Wildman–Crippen MR) is 96.0 cm³/mol. The van der Waals surface area contributed by atoms with Gasteiger partial charge in [0.15, 0.2) is 0 Å². The van der Waals surface area contributed by atoms with Crippen LogP contribution in [0.25, 0.3) is 0 Å². The molecule has 1 fully saturated rings. The first kappa shape index (κ1) is 20.0. The van der Waals surface area contributed by atoms with Crippen molar-refractivity contribution in [2.75, 3.05) is 26.8 Å². The van der Waals surface area contributed by atoms with Gasteiger partial charge in [0.25, 0.3) is 5.91 Å². The van der Waals surface area contributed by atoms with Crippen molar-refractivity contribution >= 4 is 35.0 Å². The van der Waals surface area contributed by atoms with E-state index in [4.69, 9.17) is 27.9 Å². The van der Waals surface area contributed by atoms with Crippen molar-refractivity contribution in [2.24, 2.45) is 0 Å². The number of hydrogen-bond donors (Lipinski definition) is 2. The average Bonchev–Trinajstić information content (AvgIpc) is 3.03. The maximum atomic E-state index is 12.7. The number of benzene rings is 1. The highest BCUT2D eigenvalue weighted by Gasteiger charge is 2.34. The lowest BCUT2D eigenvalue weighted by Gasteiger charge is -2.24. The highest BCUT2D eigenvalue weighted by molar-refractivity contribution is 6.35. The minimum absolute atomic E-state index is 0.219. The minimum atomic E-state index is -0.625. The van der Waals surface area contributed by atoms with Crippen molar-refractivity contribution < 1.29 is 19.4 Å². The first-order valence-electron chi connectivity index (χ1n) is 8.14. The van der Waals surface area contributed by atoms with Crippen molar-refractivity contribution in [2.45, 2.75) is 31.4 Å². The molecule has 0 radical (unpaired) electrons. The second-order valence-electron chi connectivity index (χ2n) is 6.00. The summed E-state index contributed by atoms with van der Waals surface area (Å²) >= 11 is 11.9. The Balaban J connectivity index is 1.96. The van der Waals surface area contributed by atoms with E-state index in [1.807, 2.05) is 0 Å². The van der Waals surface area contributed by atoms with E-state index in [0.29, 0.717) is 41.5 Å². The van der Waals surface area contributed by atoms with Crippen LogP contribution in [0.5, 0.6) is 0 Å². The zero-order valence-electron chi connectivity index (χ0n) is 14.0. The van der Waals surface area contributed by atoms with E-state index in [1.54, 1.807) is 23.1 Å². The van der Waals surface area contributed by atoms with E-state index in [9.17, 15) is 14.7 Å². The SMILES string of the molecule is COC[C@@H](O)CCNC(=O)[C@H]1CCCN1C(=O)c1cc(Cl)cc(Cl)c1. The molecule has 8 heteroatoms. The Bertz CT molecular complexity index is 606. The largest absolute Gasteiger partial charge is 0.391 e. The lowest BCUT2D eigenvalue weighted by Crippen LogP contribution is -2.46. The third-order valence-electron chi connectivity index (χ3n) is 4.06. The first-order valence-corrected chi connectivity index (χ1v) is 8.89. The number of amides is 2. The maximum Gasteiger partial charge on any atom is 0.254 e. The lowest BCUT2D eigenvalue weighted by molar-refractivity contribution is -0.124. The van der Waals surface area contributed by atoms with Crippen molar-refractivity contribution in [1.29, 1.82) is 0 Å². The molecule has 0 aliphatic carbocycles.